The van der Waals surface area contributed by atoms with Crippen LogP contribution < -0.4 is 10.2 Å². The monoisotopic (exact) mass is 360 g/mol. The van der Waals surface area contributed by atoms with Crippen LogP contribution in [0.4, 0.5) is 18.9 Å². The van der Waals surface area contributed by atoms with Crippen molar-refractivity contribution in [3.8, 4) is 0 Å². The zero-order valence-electron chi connectivity index (χ0n) is 14.3. The molecular formula is C19H19F3N4. The molecule has 1 aromatic carbocycles. The Labute approximate surface area is 149 Å². The molecule has 1 atom stereocenters. The number of aryl methyl sites for hydroxylation is 1. The first kappa shape index (κ1) is 16.9. The molecule has 0 saturated carbocycles. The van der Waals surface area contributed by atoms with Crippen LogP contribution in [-0.2, 0) is 6.18 Å². The molecule has 4 rings (SSSR count). The lowest BCUT2D eigenvalue weighted by Crippen LogP contribution is -2.46. The van der Waals surface area contributed by atoms with Crippen molar-refractivity contribution in [2.75, 3.05) is 24.5 Å². The largest absolute Gasteiger partial charge is 0.416 e. The number of benzene rings is 1. The molecule has 136 valence electrons. The third-order valence-electron chi connectivity index (χ3n) is 4.93. The van der Waals surface area contributed by atoms with E-state index in [1.165, 1.54) is 12.1 Å². The number of pyridine rings is 1. The Kier molecular flexibility index (Phi) is 4.11. The fraction of sp³-hybridized carbons (Fsp3) is 0.316. The lowest BCUT2D eigenvalue weighted by Gasteiger charge is -2.39. The van der Waals surface area contributed by atoms with Crippen LogP contribution in [0.1, 0.15) is 22.7 Å². The molecule has 0 bridgehead atoms. The van der Waals surface area contributed by atoms with E-state index < -0.39 is 11.7 Å². The summed E-state index contributed by atoms with van der Waals surface area (Å²) < 4.78 is 41.3. The molecule has 3 aromatic rings. The first-order chi connectivity index (χ1) is 12.4. The molecule has 1 aliphatic rings. The highest BCUT2D eigenvalue weighted by Gasteiger charge is 2.32. The highest BCUT2D eigenvalue weighted by Crippen LogP contribution is 2.35. The number of imidazole rings is 1. The third-order valence-corrected chi connectivity index (χ3v) is 4.93. The number of nitrogens with zero attached hydrogens (tertiary/aromatic N) is 3. The van der Waals surface area contributed by atoms with Crippen LogP contribution in [-0.4, -0.2) is 29.0 Å². The van der Waals surface area contributed by atoms with Crippen LogP contribution >= 0.6 is 0 Å². The summed E-state index contributed by atoms with van der Waals surface area (Å²) in [7, 11) is 0. The van der Waals surface area contributed by atoms with Crippen LogP contribution in [0.25, 0.3) is 5.65 Å². The van der Waals surface area contributed by atoms with E-state index in [0.29, 0.717) is 12.1 Å². The number of nitrogens with one attached hydrogen (secondary N) is 1. The van der Waals surface area contributed by atoms with Gasteiger partial charge in [-0.05, 0) is 30.7 Å². The van der Waals surface area contributed by atoms with Crippen LogP contribution in [0, 0.1) is 6.92 Å². The van der Waals surface area contributed by atoms with Crippen LogP contribution in [0.15, 0.2) is 48.9 Å². The molecule has 7 heteroatoms. The van der Waals surface area contributed by atoms with Crippen molar-refractivity contribution in [3.63, 3.8) is 0 Å². The second kappa shape index (κ2) is 6.32. The minimum atomic E-state index is -4.34. The Morgan fingerprint density at radius 2 is 2.04 bits per heavy atom. The molecule has 2 aromatic heterocycles. The number of anilines is 1. The van der Waals surface area contributed by atoms with Gasteiger partial charge in [0.2, 0.25) is 0 Å². The molecule has 0 aliphatic carbocycles. The standard InChI is InChI=1S/C19H19F3N4/c1-13-16(5-8-25-9-7-24-18(13)25)26-10-6-23-12-17(26)14-3-2-4-15(11-14)19(20,21)22/h2-5,7-9,11,17,23H,6,10,12H2,1H3. The number of halogens is 3. The van der Waals surface area contributed by atoms with E-state index >= 15 is 0 Å². The van der Waals surface area contributed by atoms with Gasteiger partial charge in [0.25, 0.3) is 0 Å². The molecule has 26 heavy (non-hydrogen) atoms. The van der Waals surface area contributed by atoms with Crippen LogP contribution in [0.5, 0.6) is 0 Å². The minimum Gasteiger partial charge on any atom is -0.362 e. The van der Waals surface area contributed by atoms with E-state index in [0.717, 1.165) is 36.1 Å². The maximum atomic E-state index is 13.1. The summed E-state index contributed by atoms with van der Waals surface area (Å²) in [4.78, 5) is 6.57. The van der Waals surface area contributed by atoms with Crippen molar-refractivity contribution >= 4 is 11.3 Å². The first-order valence-corrected chi connectivity index (χ1v) is 8.52. The number of rotatable bonds is 2. The molecule has 1 saturated heterocycles. The summed E-state index contributed by atoms with van der Waals surface area (Å²) in [6, 6.07) is 7.47. The highest BCUT2D eigenvalue weighted by atomic mass is 19.4. The van der Waals surface area contributed by atoms with E-state index in [9.17, 15) is 13.2 Å². The van der Waals surface area contributed by atoms with E-state index in [-0.39, 0.29) is 6.04 Å². The topological polar surface area (TPSA) is 32.6 Å². The Balaban J connectivity index is 1.76. The summed E-state index contributed by atoms with van der Waals surface area (Å²) in [5.74, 6) is 0. The van der Waals surface area contributed by atoms with Gasteiger partial charge >= 0.3 is 6.18 Å². The summed E-state index contributed by atoms with van der Waals surface area (Å²) in [6.07, 6.45) is 1.23. The van der Waals surface area contributed by atoms with Gasteiger partial charge in [-0.15, -0.1) is 0 Å². The molecule has 1 unspecified atom stereocenters. The maximum Gasteiger partial charge on any atom is 0.416 e. The van der Waals surface area contributed by atoms with E-state index in [1.54, 1.807) is 12.3 Å². The van der Waals surface area contributed by atoms with Gasteiger partial charge in [-0.3, -0.25) is 0 Å². The van der Waals surface area contributed by atoms with Crippen molar-refractivity contribution in [2.45, 2.75) is 19.1 Å². The number of hydrogen-bond donors (Lipinski definition) is 1. The van der Waals surface area contributed by atoms with Crippen molar-refractivity contribution in [1.82, 2.24) is 14.7 Å². The molecule has 0 spiro atoms. The predicted octanol–water partition coefficient (Wildman–Crippen LogP) is 3.81. The average Bonchev–Trinajstić information content (AvgIpc) is 3.11. The quantitative estimate of drug-likeness (QED) is 0.754. The summed E-state index contributed by atoms with van der Waals surface area (Å²) in [5.41, 5.74) is 2.95. The highest BCUT2D eigenvalue weighted by molar-refractivity contribution is 5.65. The Morgan fingerprint density at radius 1 is 1.19 bits per heavy atom. The molecule has 3 heterocycles. The van der Waals surface area contributed by atoms with Gasteiger partial charge in [0, 0.05) is 49.5 Å². The molecule has 1 aliphatic heterocycles. The molecule has 0 radical (unpaired) electrons. The third kappa shape index (κ3) is 2.92. The van der Waals surface area contributed by atoms with Crippen molar-refractivity contribution < 1.29 is 13.2 Å². The average molecular weight is 360 g/mol. The first-order valence-electron chi connectivity index (χ1n) is 8.52. The Hall–Kier alpha value is -2.54. The fourth-order valence-electron chi connectivity index (χ4n) is 3.64. The zero-order chi connectivity index (χ0) is 18.3. The second-order valence-electron chi connectivity index (χ2n) is 6.52. The van der Waals surface area contributed by atoms with Crippen molar-refractivity contribution in [1.29, 1.82) is 0 Å². The summed E-state index contributed by atoms with van der Waals surface area (Å²) in [5, 5.41) is 3.30. The molecule has 0 amide bonds. The summed E-state index contributed by atoms with van der Waals surface area (Å²) in [6.45, 7) is 4.11. The maximum absolute atomic E-state index is 13.1. The van der Waals surface area contributed by atoms with Gasteiger partial charge in [-0.1, -0.05) is 12.1 Å². The number of alkyl halides is 3. The Morgan fingerprint density at radius 3 is 2.85 bits per heavy atom. The Bertz CT molecular complexity index is 932. The second-order valence-corrected chi connectivity index (χ2v) is 6.52. The number of piperazine rings is 1. The van der Waals surface area contributed by atoms with Crippen LogP contribution in [0.3, 0.4) is 0 Å². The molecule has 1 fully saturated rings. The number of aromatic nitrogens is 2. The van der Waals surface area contributed by atoms with Gasteiger partial charge in [0.05, 0.1) is 11.6 Å². The van der Waals surface area contributed by atoms with E-state index in [1.807, 2.05) is 29.8 Å². The van der Waals surface area contributed by atoms with E-state index in [4.69, 9.17) is 0 Å². The van der Waals surface area contributed by atoms with E-state index in [2.05, 4.69) is 15.2 Å². The van der Waals surface area contributed by atoms with Crippen molar-refractivity contribution in [3.05, 3.63) is 65.6 Å². The number of fused-ring (bicyclic) bond motifs is 1. The van der Waals surface area contributed by atoms with Gasteiger partial charge in [0.15, 0.2) is 0 Å². The normalized spacial score (nSPS) is 18.5. The molecular weight excluding hydrogens is 341 g/mol. The predicted molar refractivity (Wildman–Crippen MR) is 94.3 cm³/mol. The lowest BCUT2D eigenvalue weighted by atomic mass is 9.99. The molecule has 4 nitrogen and oxygen atoms in total. The SMILES string of the molecule is Cc1c(N2CCNCC2c2cccc(C(F)(F)F)c2)ccn2ccnc12. The number of hydrogen-bond acceptors (Lipinski definition) is 3. The zero-order valence-corrected chi connectivity index (χ0v) is 14.3. The van der Waals surface area contributed by atoms with Gasteiger partial charge in [0.1, 0.15) is 5.65 Å². The summed E-state index contributed by atoms with van der Waals surface area (Å²) >= 11 is 0. The molecule has 1 N–H and O–H groups in total. The van der Waals surface area contributed by atoms with Crippen LogP contribution in [0.2, 0.25) is 0 Å². The fourth-order valence-corrected chi connectivity index (χ4v) is 3.64. The van der Waals surface area contributed by atoms with Gasteiger partial charge < -0.3 is 14.6 Å². The smallest absolute Gasteiger partial charge is 0.362 e. The minimum absolute atomic E-state index is 0.165. The van der Waals surface area contributed by atoms with Gasteiger partial charge in [-0.2, -0.15) is 13.2 Å². The van der Waals surface area contributed by atoms with Crippen molar-refractivity contribution in [2.24, 2.45) is 0 Å². The van der Waals surface area contributed by atoms with Gasteiger partial charge in [-0.25, -0.2) is 4.98 Å². The lowest BCUT2D eigenvalue weighted by molar-refractivity contribution is -0.137.